The third-order valence-corrected chi connectivity index (χ3v) is 2.64. The van der Waals surface area contributed by atoms with Crippen molar-refractivity contribution in [1.82, 2.24) is 0 Å². The number of rotatable bonds is 4. The van der Waals surface area contributed by atoms with E-state index in [-0.39, 0.29) is 11.7 Å². The Balaban J connectivity index is 2.18. The lowest BCUT2D eigenvalue weighted by Gasteiger charge is -2.16. The van der Waals surface area contributed by atoms with E-state index < -0.39 is 5.91 Å². The maximum Gasteiger partial charge on any atom is 0.294 e. The number of benzene rings is 1. The Bertz CT molecular complexity index is 583. The fourth-order valence-corrected chi connectivity index (χ4v) is 1.76. The van der Waals surface area contributed by atoms with Gasteiger partial charge in [0, 0.05) is 12.6 Å². The molecule has 2 N–H and O–H groups in total. The monoisotopic (exact) mass is 292 g/mol. The Hall–Kier alpha value is -2.70. The quantitative estimate of drug-likeness (QED) is 0.878. The van der Waals surface area contributed by atoms with Gasteiger partial charge in [0.05, 0.1) is 12.8 Å². The SMILES string of the molecule is COc1ccc(NC(C)=O)cc1NC(=O)C1=COCCO1. The summed E-state index contributed by atoms with van der Waals surface area (Å²) < 4.78 is 15.4. The standard InChI is InChI=1S/C14H16N2O5/c1-9(17)15-10-3-4-12(19-2)11(7-10)16-14(18)13-8-20-5-6-21-13/h3-4,7-8H,5-6H2,1-2H3,(H,15,17)(H,16,18). The van der Waals surface area contributed by atoms with Crippen LogP contribution in [-0.4, -0.2) is 32.1 Å². The van der Waals surface area contributed by atoms with Gasteiger partial charge in [0.15, 0.2) is 0 Å². The lowest BCUT2D eigenvalue weighted by atomic mass is 10.2. The summed E-state index contributed by atoms with van der Waals surface area (Å²) in [6.07, 6.45) is 1.27. The maximum absolute atomic E-state index is 12.0. The summed E-state index contributed by atoms with van der Waals surface area (Å²) in [4.78, 5) is 23.1. The topological polar surface area (TPSA) is 85.9 Å². The fraction of sp³-hybridized carbons (Fsp3) is 0.286. The molecular weight excluding hydrogens is 276 g/mol. The van der Waals surface area contributed by atoms with E-state index in [2.05, 4.69) is 10.6 Å². The first-order valence-electron chi connectivity index (χ1n) is 6.31. The van der Waals surface area contributed by atoms with E-state index in [0.717, 1.165) is 0 Å². The van der Waals surface area contributed by atoms with Crippen molar-refractivity contribution in [1.29, 1.82) is 0 Å². The molecule has 1 aromatic carbocycles. The van der Waals surface area contributed by atoms with Crippen molar-refractivity contribution < 1.29 is 23.8 Å². The number of carbonyl (C=O) groups excluding carboxylic acids is 2. The van der Waals surface area contributed by atoms with Crippen molar-refractivity contribution in [2.75, 3.05) is 31.0 Å². The minimum atomic E-state index is -0.451. The molecule has 112 valence electrons. The van der Waals surface area contributed by atoms with Crippen LogP contribution in [0, 0.1) is 0 Å². The van der Waals surface area contributed by atoms with Crippen LogP contribution in [0.15, 0.2) is 30.2 Å². The molecule has 1 aliphatic heterocycles. The van der Waals surface area contributed by atoms with E-state index in [1.54, 1.807) is 18.2 Å². The van der Waals surface area contributed by atoms with Crippen molar-refractivity contribution >= 4 is 23.2 Å². The van der Waals surface area contributed by atoms with Crippen LogP contribution in [-0.2, 0) is 19.1 Å². The minimum absolute atomic E-state index is 0.0910. The van der Waals surface area contributed by atoms with Crippen molar-refractivity contribution in [2.24, 2.45) is 0 Å². The van der Waals surface area contributed by atoms with Gasteiger partial charge < -0.3 is 24.8 Å². The predicted octanol–water partition coefficient (Wildman–Crippen LogP) is 1.48. The van der Waals surface area contributed by atoms with Crippen LogP contribution in [0.2, 0.25) is 0 Å². The van der Waals surface area contributed by atoms with Gasteiger partial charge in [0.1, 0.15) is 25.2 Å². The molecule has 1 heterocycles. The van der Waals surface area contributed by atoms with Crippen LogP contribution in [0.25, 0.3) is 0 Å². The first-order valence-corrected chi connectivity index (χ1v) is 6.31. The number of hydrogen-bond donors (Lipinski definition) is 2. The van der Waals surface area contributed by atoms with Crippen molar-refractivity contribution in [3.05, 3.63) is 30.2 Å². The van der Waals surface area contributed by atoms with Crippen molar-refractivity contribution in [3.8, 4) is 5.75 Å². The number of nitrogens with one attached hydrogen (secondary N) is 2. The molecule has 0 bridgehead atoms. The van der Waals surface area contributed by atoms with Crippen molar-refractivity contribution in [2.45, 2.75) is 6.92 Å². The van der Waals surface area contributed by atoms with E-state index in [4.69, 9.17) is 14.2 Å². The van der Waals surface area contributed by atoms with Gasteiger partial charge in [-0.1, -0.05) is 0 Å². The molecule has 0 radical (unpaired) electrons. The molecule has 0 atom stereocenters. The molecule has 2 rings (SSSR count). The van der Waals surface area contributed by atoms with E-state index in [0.29, 0.717) is 30.3 Å². The molecule has 21 heavy (non-hydrogen) atoms. The molecule has 0 fully saturated rings. The molecule has 0 saturated carbocycles. The highest BCUT2D eigenvalue weighted by Crippen LogP contribution is 2.28. The molecule has 0 aliphatic carbocycles. The smallest absolute Gasteiger partial charge is 0.294 e. The third-order valence-electron chi connectivity index (χ3n) is 2.64. The molecule has 1 aliphatic rings. The summed E-state index contributed by atoms with van der Waals surface area (Å²) in [6.45, 7) is 2.14. The average molecular weight is 292 g/mol. The zero-order valence-electron chi connectivity index (χ0n) is 11.8. The molecule has 2 amide bonds. The van der Waals surface area contributed by atoms with Crippen LogP contribution in [0.3, 0.4) is 0 Å². The molecular formula is C14H16N2O5. The summed E-state index contributed by atoms with van der Waals surface area (Å²) in [6, 6.07) is 4.92. The summed E-state index contributed by atoms with van der Waals surface area (Å²) in [5, 5.41) is 5.29. The van der Waals surface area contributed by atoms with Gasteiger partial charge in [-0.25, -0.2) is 0 Å². The van der Waals surface area contributed by atoms with Gasteiger partial charge in [0.2, 0.25) is 11.7 Å². The zero-order chi connectivity index (χ0) is 15.2. The van der Waals surface area contributed by atoms with E-state index in [9.17, 15) is 9.59 Å². The zero-order valence-corrected chi connectivity index (χ0v) is 11.8. The van der Waals surface area contributed by atoms with E-state index in [1.807, 2.05) is 0 Å². The van der Waals surface area contributed by atoms with Gasteiger partial charge in [-0.05, 0) is 18.2 Å². The molecule has 0 unspecified atom stereocenters. The van der Waals surface area contributed by atoms with Crippen LogP contribution < -0.4 is 15.4 Å². The average Bonchev–Trinajstić information content (AvgIpc) is 2.48. The lowest BCUT2D eigenvalue weighted by molar-refractivity contribution is -0.117. The first-order chi connectivity index (χ1) is 10.1. The summed E-state index contributed by atoms with van der Waals surface area (Å²) in [5.41, 5.74) is 0.970. The number of ether oxygens (including phenoxy) is 3. The summed E-state index contributed by atoms with van der Waals surface area (Å²) in [7, 11) is 1.49. The van der Waals surface area contributed by atoms with Gasteiger partial charge in [-0.2, -0.15) is 0 Å². The Morgan fingerprint density at radius 3 is 2.67 bits per heavy atom. The van der Waals surface area contributed by atoms with E-state index >= 15 is 0 Å². The van der Waals surface area contributed by atoms with E-state index in [1.165, 1.54) is 20.3 Å². The molecule has 1 aromatic rings. The van der Waals surface area contributed by atoms with Gasteiger partial charge in [-0.15, -0.1) is 0 Å². The van der Waals surface area contributed by atoms with Crippen LogP contribution in [0.1, 0.15) is 6.92 Å². The lowest BCUT2D eigenvalue weighted by Crippen LogP contribution is -2.21. The Morgan fingerprint density at radius 1 is 1.24 bits per heavy atom. The van der Waals surface area contributed by atoms with Gasteiger partial charge in [-0.3, -0.25) is 9.59 Å². The van der Waals surface area contributed by atoms with Crippen LogP contribution >= 0.6 is 0 Å². The molecule has 0 saturated heterocycles. The van der Waals surface area contributed by atoms with Gasteiger partial charge in [0.25, 0.3) is 5.91 Å². The third kappa shape index (κ3) is 3.88. The predicted molar refractivity (Wildman–Crippen MR) is 75.9 cm³/mol. The second kappa shape index (κ2) is 6.65. The van der Waals surface area contributed by atoms with Gasteiger partial charge >= 0.3 is 0 Å². The number of anilines is 2. The highest BCUT2D eigenvalue weighted by atomic mass is 16.6. The fourth-order valence-electron chi connectivity index (χ4n) is 1.76. The van der Waals surface area contributed by atoms with Crippen LogP contribution in [0.5, 0.6) is 5.75 Å². The second-order valence-electron chi connectivity index (χ2n) is 4.25. The highest BCUT2D eigenvalue weighted by Gasteiger charge is 2.17. The summed E-state index contributed by atoms with van der Waals surface area (Å²) >= 11 is 0. The second-order valence-corrected chi connectivity index (χ2v) is 4.25. The largest absolute Gasteiger partial charge is 0.495 e. The number of amides is 2. The molecule has 0 spiro atoms. The molecule has 7 nitrogen and oxygen atoms in total. The number of hydrogen-bond acceptors (Lipinski definition) is 5. The highest BCUT2D eigenvalue weighted by molar-refractivity contribution is 6.03. The maximum atomic E-state index is 12.0. The molecule has 0 aromatic heterocycles. The first kappa shape index (κ1) is 14.7. The Kier molecular flexibility index (Phi) is 4.65. The number of methoxy groups -OCH3 is 1. The van der Waals surface area contributed by atoms with Crippen molar-refractivity contribution in [3.63, 3.8) is 0 Å². The molecule has 7 heteroatoms. The minimum Gasteiger partial charge on any atom is -0.495 e. The Morgan fingerprint density at radius 2 is 2.05 bits per heavy atom. The van der Waals surface area contributed by atoms with Crippen LogP contribution in [0.4, 0.5) is 11.4 Å². The Labute approximate surface area is 121 Å². The summed E-state index contributed by atoms with van der Waals surface area (Å²) in [5.74, 6) is -0.0971. The number of carbonyl (C=O) groups is 2. The normalized spacial score (nSPS) is 13.3.